The smallest absolute Gasteiger partial charge is 0.204 e. The van der Waals surface area contributed by atoms with Gasteiger partial charge in [-0.2, -0.15) is 0 Å². The van der Waals surface area contributed by atoms with Crippen LogP contribution in [0.5, 0.6) is 0 Å². The highest BCUT2D eigenvalue weighted by atomic mass is 32.1. The van der Waals surface area contributed by atoms with Crippen LogP contribution in [-0.4, -0.2) is 36.3 Å². The third-order valence-corrected chi connectivity index (χ3v) is 2.83. The van der Waals surface area contributed by atoms with E-state index < -0.39 is 0 Å². The summed E-state index contributed by atoms with van der Waals surface area (Å²) in [5.74, 6) is 0.888. The molecule has 0 aromatic carbocycles. The van der Waals surface area contributed by atoms with Gasteiger partial charge in [-0.05, 0) is 12.5 Å². The van der Waals surface area contributed by atoms with Crippen molar-refractivity contribution in [3.05, 3.63) is 16.4 Å². The molecule has 1 fully saturated rings. The van der Waals surface area contributed by atoms with Crippen LogP contribution >= 0.6 is 12.2 Å². The Balaban J connectivity index is 2.21. The number of aryl methyl sites for hydroxylation is 1. The average molecular weight is 239 g/mol. The van der Waals surface area contributed by atoms with Gasteiger partial charge in [0.1, 0.15) is 4.64 Å². The van der Waals surface area contributed by atoms with E-state index in [1.54, 1.807) is 0 Å². The van der Waals surface area contributed by atoms with Crippen LogP contribution in [0.4, 0.5) is 5.95 Å². The molecule has 1 aromatic heterocycles. The molecule has 88 valence electrons. The highest BCUT2D eigenvalue weighted by molar-refractivity contribution is 7.71. The number of ether oxygens (including phenoxy) is 1. The Bertz CT molecular complexity index is 398. The molecule has 1 aliphatic heterocycles. The molecule has 0 atom stereocenters. The third-order valence-electron chi connectivity index (χ3n) is 2.62. The lowest BCUT2D eigenvalue weighted by Crippen LogP contribution is -2.37. The second-order valence-corrected chi connectivity index (χ2v) is 4.34. The predicted molar refractivity (Wildman–Crippen MR) is 66.4 cm³/mol. The molecule has 0 aliphatic carbocycles. The summed E-state index contributed by atoms with van der Waals surface area (Å²) in [6.45, 7) is 5.45. The number of hydrogen-bond acceptors (Lipinski definition) is 4. The summed E-state index contributed by atoms with van der Waals surface area (Å²) in [6, 6.07) is 1.95. The number of anilines is 1. The molecule has 0 unspecified atom stereocenters. The monoisotopic (exact) mass is 239 g/mol. The topological polar surface area (TPSA) is 41.2 Å². The molecule has 1 aromatic rings. The summed E-state index contributed by atoms with van der Waals surface area (Å²) in [5.41, 5.74) is 1.17. The van der Waals surface area contributed by atoms with Gasteiger partial charge in [-0.25, -0.2) is 4.98 Å². The van der Waals surface area contributed by atoms with Crippen molar-refractivity contribution in [3.63, 3.8) is 0 Å². The van der Waals surface area contributed by atoms with Crippen LogP contribution in [0.2, 0.25) is 0 Å². The van der Waals surface area contributed by atoms with Crippen LogP contribution in [0.3, 0.4) is 0 Å². The van der Waals surface area contributed by atoms with Crippen molar-refractivity contribution < 1.29 is 4.74 Å². The summed E-state index contributed by atoms with van der Waals surface area (Å²) in [7, 11) is 0. The molecule has 1 N–H and O–H groups in total. The number of nitrogens with one attached hydrogen (secondary N) is 1. The molecule has 0 bridgehead atoms. The number of hydrogen-bond donors (Lipinski definition) is 1. The minimum atomic E-state index is 0.670. The van der Waals surface area contributed by atoms with Crippen LogP contribution in [-0.2, 0) is 11.2 Å². The fraction of sp³-hybridized carbons (Fsp3) is 0.636. The second-order valence-electron chi connectivity index (χ2n) is 3.92. The van der Waals surface area contributed by atoms with Gasteiger partial charge in [0.05, 0.1) is 13.2 Å². The summed E-state index contributed by atoms with van der Waals surface area (Å²) < 4.78 is 5.99. The van der Waals surface area contributed by atoms with Crippen molar-refractivity contribution in [2.75, 3.05) is 31.2 Å². The lowest BCUT2D eigenvalue weighted by Gasteiger charge is -2.27. The molecule has 0 radical (unpaired) electrons. The normalized spacial score (nSPS) is 16.4. The summed E-state index contributed by atoms with van der Waals surface area (Å²) >= 11 is 5.18. The molecule has 0 amide bonds. The van der Waals surface area contributed by atoms with Gasteiger partial charge in [-0.15, -0.1) is 0 Å². The lowest BCUT2D eigenvalue weighted by molar-refractivity contribution is 0.122. The van der Waals surface area contributed by atoms with E-state index in [2.05, 4.69) is 21.8 Å². The first-order chi connectivity index (χ1) is 7.79. The molecular weight excluding hydrogens is 222 g/mol. The van der Waals surface area contributed by atoms with Gasteiger partial charge >= 0.3 is 0 Å². The van der Waals surface area contributed by atoms with E-state index >= 15 is 0 Å². The third kappa shape index (κ3) is 2.80. The van der Waals surface area contributed by atoms with Crippen molar-refractivity contribution in [3.8, 4) is 0 Å². The summed E-state index contributed by atoms with van der Waals surface area (Å²) in [4.78, 5) is 9.91. The maximum atomic E-state index is 5.32. The van der Waals surface area contributed by atoms with Crippen molar-refractivity contribution in [2.45, 2.75) is 19.8 Å². The van der Waals surface area contributed by atoms with Gasteiger partial charge in [0.2, 0.25) is 5.95 Å². The zero-order valence-electron chi connectivity index (χ0n) is 9.53. The Morgan fingerprint density at radius 2 is 2.25 bits per heavy atom. The average Bonchev–Trinajstić information content (AvgIpc) is 2.30. The van der Waals surface area contributed by atoms with Gasteiger partial charge in [0.25, 0.3) is 0 Å². The molecule has 0 spiro atoms. The minimum absolute atomic E-state index is 0.670. The first kappa shape index (κ1) is 11.5. The first-order valence-electron chi connectivity index (χ1n) is 5.72. The predicted octanol–water partition coefficient (Wildman–Crippen LogP) is 1.93. The van der Waals surface area contributed by atoms with Crippen molar-refractivity contribution in [2.24, 2.45) is 0 Å². The minimum Gasteiger partial charge on any atom is -0.378 e. The Morgan fingerprint density at radius 1 is 1.50 bits per heavy atom. The highest BCUT2D eigenvalue weighted by Gasteiger charge is 2.13. The van der Waals surface area contributed by atoms with Crippen LogP contribution in [0, 0.1) is 4.64 Å². The van der Waals surface area contributed by atoms with Gasteiger partial charge in [0.15, 0.2) is 0 Å². The number of morpholine rings is 1. The summed E-state index contributed by atoms with van der Waals surface area (Å²) in [6.07, 6.45) is 2.13. The number of aromatic amines is 1. The van der Waals surface area contributed by atoms with Crippen LogP contribution < -0.4 is 4.90 Å². The fourth-order valence-electron chi connectivity index (χ4n) is 1.82. The van der Waals surface area contributed by atoms with Crippen LogP contribution in [0.15, 0.2) is 6.07 Å². The van der Waals surface area contributed by atoms with Gasteiger partial charge in [0, 0.05) is 18.8 Å². The van der Waals surface area contributed by atoms with Crippen molar-refractivity contribution in [1.82, 2.24) is 9.97 Å². The number of rotatable bonds is 3. The maximum absolute atomic E-state index is 5.32. The quantitative estimate of drug-likeness (QED) is 0.818. The molecule has 4 nitrogen and oxygen atoms in total. The SMILES string of the molecule is CCCc1cc(=S)nc(N2CCOCC2)[nH]1. The molecule has 2 heterocycles. The Labute approximate surface area is 101 Å². The van der Waals surface area contributed by atoms with Crippen LogP contribution in [0.25, 0.3) is 0 Å². The van der Waals surface area contributed by atoms with Crippen molar-refractivity contribution >= 4 is 18.2 Å². The Kier molecular flexibility index (Phi) is 3.90. The lowest BCUT2D eigenvalue weighted by atomic mass is 10.2. The first-order valence-corrected chi connectivity index (χ1v) is 6.13. The molecule has 5 heteroatoms. The maximum Gasteiger partial charge on any atom is 0.204 e. The molecule has 16 heavy (non-hydrogen) atoms. The van der Waals surface area contributed by atoms with E-state index in [4.69, 9.17) is 17.0 Å². The highest BCUT2D eigenvalue weighted by Crippen LogP contribution is 2.11. The standard InChI is InChI=1S/C11H17N3OS/c1-2-3-9-8-10(16)13-11(12-9)14-4-6-15-7-5-14/h8H,2-7H2,1H3,(H,12,13,16). The molecule has 2 rings (SSSR count). The number of nitrogens with zero attached hydrogens (tertiary/aromatic N) is 2. The molecular formula is C11H17N3OS. The molecule has 1 aliphatic rings. The number of H-pyrrole nitrogens is 1. The second kappa shape index (κ2) is 5.41. The van der Waals surface area contributed by atoms with E-state index in [9.17, 15) is 0 Å². The fourth-order valence-corrected chi connectivity index (χ4v) is 2.05. The van der Waals surface area contributed by atoms with E-state index in [1.165, 1.54) is 5.69 Å². The van der Waals surface area contributed by atoms with E-state index in [-0.39, 0.29) is 0 Å². The Hall–Kier alpha value is -0.940. The summed E-state index contributed by atoms with van der Waals surface area (Å²) in [5, 5.41) is 0. The van der Waals surface area contributed by atoms with Crippen molar-refractivity contribution in [1.29, 1.82) is 0 Å². The van der Waals surface area contributed by atoms with E-state index in [0.717, 1.165) is 45.1 Å². The van der Waals surface area contributed by atoms with E-state index in [0.29, 0.717) is 4.64 Å². The largest absolute Gasteiger partial charge is 0.378 e. The zero-order valence-corrected chi connectivity index (χ0v) is 10.3. The molecule has 1 saturated heterocycles. The van der Waals surface area contributed by atoms with Gasteiger partial charge in [-0.1, -0.05) is 25.6 Å². The van der Waals surface area contributed by atoms with E-state index in [1.807, 2.05) is 6.07 Å². The number of aromatic nitrogens is 2. The van der Waals surface area contributed by atoms with Crippen LogP contribution in [0.1, 0.15) is 19.0 Å². The zero-order chi connectivity index (χ0) is 11.4. The van der Waals surface area contributed by atoms with Gasteiger partial charge < -0.3 is 14.6 Å². The molecule has 0 saturated carbocycles. The van der Waals surface area contributed by atoms with Gasteiger partial charge in [-0.3, -0.25) is 0 Å². The Morgan fingerprint density at radius 3 is 2.94 bits per heavy atom.